The topological polar surface area (TPSA) is 386 Å². The standard InChI is InChI=1S/C26H31N7O3SSi.C21H22BrN7O3S.C21H21N7O2S.C5H10Si/c1-16(34)27-11-12-28-26(36)22-9-8-21(37-22)25-29-15-19(10-13-38(3,4)5)24(31-25)30-23-14-20(18-6-7-18)33(32-23)17(2)35;1-11(30)23-7-8-24-21(32)17-6-5-16(33-17)20-25-10-14(22)19(27-20)26-18-9-15(13-3-4-13)29(28-18)12(2)31;1-3-13-11-24-20(26-19(13)25-18-10-15(27-28-18)14-4-5-14)16-6-7-17(31-16)21(30)23-9-8-22-12(2)29;1-5-6(2,3)4/h8-9,14-15,18H,6-7,11-12H2,1-5H3,(H,27,34)(H,28,36)(H,29,30,31,32);5-6,9-10,13H,3-4,7-8H2,1-2H3,(H,23,30)(H,24,32)(H,25,26,27,28);1,6-7,10-11,14H,4-5,8-9H2,2H3,(H,22,29)(H,23,30)(H2,24,25,26,27,28);1H,2-4H3. The van der Waals surface area contributed by atoms with Crippen molar-refractivity contribution in [3.63, 3.8) is 0 Å². The number of rotatable bonds is 24. The lowest BCUT2D eigenvalue weighted by atomic mass is 10.2. The first-order valence-corrected chi connectivity index (χ1v) is 44.9. The normalized spacial score (nSPS) is 12.7. The van der Waals surface area contributed by atoms with Crippen LogP contribution >= 0.6 is 49.9 Å². The van der Waals surface area contributed by atoms with Gasteiger partial charge >= 0.3 is 0 Å². The summed E-state index contributed by atoms with van der Waals surface area (Å²) in [6.45, 7) is 22.3. The summed E-state index contributed by atoms with van der Waals surface area (Å²) in [6, 6.07) is 16.3. The number of amides is 6. The van der Waals surface area contributed by atoms with E-state index in [0.717, 1.165) is 57.4 Å². The van der Waals surface area contributed by atoms with E-state index in [1.807, 2.05) is 18.2 Å². The first kappa shape index (κ1) is 81.2. The second-order valence-corrected chi connectivity index (χ2v) is 40.9. The Balaban J connectivity index is 0.000000181. The molecule has 0 aliphatic heterocycles. The van der Waals surface area contributed by atoms with Crippen LogP contribution in [-0.2, 0) is 14.4 Å². The molecule has 0 unspecified atom stereocenters. The molecule has 0 atom stereocenters. The lowest BCUT2D eigenvalue weighted by molar-refractivity contribution is -0.119. The zero-order chi connectivity index (χ0) is 78.0. The number of aromatic amines is 1. The highest BCUT2D eigenvalue weighted by molar-refractivity contribution is 9.10. The van der Waals surface area contributed by atoms with E-state index in [2.05, 4.69) is 171 Å². The number of H-pyrrole nitrogens is 1. The first-order chi connectivity index (χ1) is 51.4. The van der Waals surface area contributed by atoms with E-state index in [0.29, 0.717) is 140 Å². The second-order valence-electron chi connectivity index (χ2n) is 27.2. The lowest BCUT2D eigenvalue weighted by Crippen LogP contribution is -2.33. The molecule has 29 nitrogen and oxygen atoms in total. The van der Waals surface area contributed by atoms with E-state index in [4.69, 9.17) is 17.8 Å². The van der Waals surface area contributed by atoms with Crippen molar-refractivity contribution in [3.8, 4) is 67.9 Å². The van der Waals surface area contributed by atoms with Crippen molar-refractivity contribution in [3.05, 3.63) is 121 Å². The van der Waals surface area contributed by atoms with Gasteiger partial charge in [0.1, 0.15) is 22.0 Å². The third kappa shape index (κ3) is 24.6. The molecule has 0 bridgehead atoms. The van der Waals surface area contributed by atoms with E-state index in [9.17, 15) is 38.4 Å². The van der Waals surface area contributed by atoms with Gasteiger partial charge in [0.25, 0.3) is 17.7 Å². The second kappa shape index (κ2) is 37.1. The Labute approximate surface area is 647 Å². The predicted molar refractivity (Wildman–Crippen MR) is 429 cm³/mol. The quantitative estimate of drug-likeness (QED) is 0.0153. The number of anilines is 6. The van der Waals surface area contributed by atoms with Crippen LogP contribution in [0.3, 0.4) is 0 Å². The van der Waals surface area contributed by atoms with Crippen LogP contribution in [0.2, 0.25) is 39.3 Å². The Morgan fingerprint density at radius 1 is 0.500 bits per heavy atom. The maximum absolute atomic E-state index is 12.5. The number of aromatic nitrogens is 12. The summed E-state index contributed by atoms with van der Waals surface area (Å²) in [4.78, 5) is 125. The third-order valence-corrected chi connectivity index (χ3v) is 21.0. The first-order valence-electron chi connectivity index (χ1n) is 34.6. The number of terminal acetylenes is 2. The Hall–Kier alpha value is -10.9. The maximum atomic E-state index is 12.5. The van der Waals surface area contributed by atoms with Crippen LogP contribution in [0.1, 0.15) is 158 Å². The van der Waals surface area contributed by atoms with Crippen molar-refractivity contribution in [1.29, 1.82) is 0 Å². The molecule has 9 aromatic heterocycles. The smallest absolute Gasteiger partial charge is 0.261 e. The number of nitrogens with zero attached hydrogens (tertiary/aromatic N) is 11. The number of carbonyl (C=O) groups is 8. The Kier molecular flexibility index (Phi) is 27.9. The summed E-state index contributed by atoms with van der Waals surface area (Å²) in [5.74, 6) is 10.3. The van der Waals surface area contributed by atoms with Crippen molar-refractivity contribution < 1.29 is 38.4 Å². The molecule has 35 heteroatoms. The molecule has 9 aromatic rings. The summed E-state index contributed by atoms with van der Waals surface area (Å²) in [6.07, 6.45) is 22.2. The number of nitrogens with one attached hydrogen (secondary N) is 10. The summed E-state index contributed by atoms with van der Waals surface area (Å²) in [5.41, 5.74) is 10.2. The van der Waals surface area contributed by atoms with E-state index in [1.54, 1.807) is 55.0 Å². The summed E-state index contributed by atoms with van der Waals surface area (Å²) in [7, 11) is -2.77. The van der Waals surface area contributed by atoms with Crippen molar-refractivity contribution >= 4 is 148 Å². The van der Waals surface area contributed by atoms with Crippen molar-refractivity contribution in [2.24, 2.45) is 0 Å². The fourth-order valence-electron chi connectivity index (χ4n) is 9.59. The predicted octanol–water partition coefficient (Wildman–Crippen LogP) is 11.0. The zero-order valence-electron chi connectivity index (χ0n) is 61.6. The van der Waals surface area contributed by atoms with Gasteiger partial charge in [0.15, 0.2) is 46.6 Å². The van der Waals surface area contributed by atoms with E-state index in [-0.39, 0.29) is 47.3 Å². The molecular formula is C73H84BrN21O8S3Si2. The van der Waals surface area contributed by atoms with Gasteiger partial charge in [-0.2, -0.15) is 5.10 Å². The van der Waals surface area contributed by atoms with Crippen LogP contribution in [0.4, 0.5) is 34.9 Å². The molecule has 3 saturated carbocycles. The summed E-state index contributed by atoms with van der Waals surface area (Å²) < 4.78 is 3.53. The minimum absolute atomic E-state index is 0.131. The van der Waals surface area contributed by atoms with Crippen LogP contribution in [0.25, 0.3) is 32.1 Å². The largest absolute Gasteiger partial charge is 0.355 e. The molecule has 9 heterocycles. The molecule has 3 fully saturated rings. The molecule has 0 aromatic carbocycles. The molecule has 12 rings (SSSR count). The number of carbonyl (C=O) groups excluding carboxylic acids is 8. The Morgan fingerprint density at radius 2 is 0.870 bits per heavy atom. The number of thiophene rings is 3. The van der Waals surface area contributed by atoms with Gasteiger partial charge in [0, 0.05) is 134 Å². The number of hydrogen-bond acceptors (Lipinski definition) is 23. The van der Waals surface area contributed by atoms with Gasteiger partial charge in [-0.1, -0.05) is 51.1 Å². The fraction of sp³-hybridized carbons (Fsp3) is 0.356. The van der Waals surface area contributed by atoms with E-state index in [1.165, 1.54) is 90.8 Å². The van der Waals surface area contributed by atoms with Gasteiger partial charge in [-0.05, 0) is 90.9 Å². The van der Waals surface area contributed by atoms with Crippen LogP contribution in [0, 0.1) is 35.8 Å². The molecule has 0 spiro atoms. The summed E-state index contributed by atoms with van der Waals surface area (Å²) in [5, 5.41) is 42.0. The average molecular weight is 1620 g/mol. The van der Waals surface area contributed by atoms with Crippen molar-refractivity contribution in [1.82, 2.24) is 91.6 Å². The maximum Gasteiger partial charge on any atom is 0.261 e. The molecule has 6 amide bonds. The van der Waals surface area contributed by atoms with Crippen molar-refractivity contribution in [2.45, 2.75) is 130 Å². The van der Waals surface area contributed by atoms with Gasteiger partial charge < -0.3 is 47.9 Å². The minimum Gasteiger partial charge on any atom is -0.355 e. The Bertz CT molecular complexity index is 4970. The van der Waals surface area contributed by atoms with Crippen LogP contribution in [0.15, 0.2) is 77.7 Å². The van der Waals surface area contributed by atoms with Crippen LogP contribution < -0.4 is 47.9 Å². The monoisotopic (exact) mass is 1610 g/mol. The highest BCUT2D eigenvalue weighted by Gasteiger charge is 2.32. The zero-order valence-corrected chi connectivity index (χ0v) is 67.6. The van der Waals surface area contributed by atoms with E-state index >= 15 is 0 Å². The summed E-state index contributed by atoms with van der Waals surface area (Å²) >= 11 is 7.27. The highest BCUT2D eigenvalue weighted by atomic mass is 79.9. The van der Waals surface area contributed by atoms with Crippen LogP contribution in [-0.4, -0.2) is 162 Å². The van der Waals surface area contributed by atoms with Crippen molar-refractivity contribution in [2.75, 3.05) is 55.2 Å². The molecule has 3 aliphatic rings. The number of halogens is 1. The molecule has 562 valence electrons. The fourth-order valence-corrected chi connectivity index (χ4v) is 13.0. The van der Waals surface area contributed by atoms with Gasteiger partial charge in [-0.25, -0.2) is 39.3 Å². The highest BCUT2D eigenvalue weighted by Crippen LogP contribution is 2.43. The molecule has 0 radical (unpaired) electrons. The van der Waals surface area contributed by atoms with E-state index < -0.39 is 16.1 Å². The van der Waals surface area contributed by atoms with Gasteiger partial charge in [0.05, 0.1) is 56.3 Å². The number of hydrogen-bond donors (Lipinski definition) is 10. The van der Waals surface area contributed by atoms with Gasteiger partial charge in [0.2, 0.25) is 29.5 Å². The average Bonchev–Trinajstić information content (AvgIpc) is 1.56. The third-order valence-electron chi connectivity index (χ3n) is 15.4. The SMILES string of the molecule is C#C[Si](C)(C)C.C#Cc1cnc(-c2ccc(C(=O)NCCNC(C)=O)s2)nc1Nc1cc(C2CC2)[nH]n1.CC(=O)NCCNC(=O)c1ccc(-c2ncc(Br)c(Nc3cc(C4CC4)n(C(C)=O)n3)n2)s1.CC(=O)NCCNC(=O)c1ccc(-c2ncc(C#C[Si](C)(C)C)c(Nc3cc(C4CC4)n(C(C)=O)n3)n2)s1. The molecule has 108 heavy (non-hydrogen) atoms. The Morgan fingerprint density at radius 3 is 1.25 bits per heavy atom. The molecule has 0 saturated heterocycles. The van der Waals surface area contributed by atoms with Gasteiger partial charge in [-0.15, -0.1) is 68.1 Å². The van der Waals surface area contributed by atoms with Crippen LogP contribution in [0.5, 0.6) is 0 Å². The lowest BCUT2D eigenvalue weighted by Gasteiger charge is -2.08. The molecule has 10 N–H and O–H groups in total. The van der Waals surface area contributed by atoms with Gasteiger partial charge in [-0.3, -0.25) is 43.5 Å². The molecular weight excluding hydrogens is 1530 g/mol. The molecule has 3 aliphatic carbocycles. The minimum atomic E-state index is -1.66.